The number of nitrogens with one attached hydrogen (secondary N) is 1. The summed E-state index contributed by atoms with van der Waals surface area (Å²) in [7, 11) is 0. The molecule has 1 amide bonds. The lowest BCUT2D eigenvalue weighted by Gasteiger charge is -2.08. The van der Waals surface area contributed by atoms with Crippen LogP contribution in [-0.4, -0.2) is 20.7 Å². The minimum atomic E-state index is -0.655. The molecule has 1 heterocycles. The Morgan fingerprint density at radius 3 is 2.65 bits per heavy atom. The molecule has 2 aromatic carbocycles. The first kappa shape index (κ1) is 15.2. The van der Waals surface area contributed by atoms with Gasteiger partial charge >= 0.3 is 0 Å². The van der Waals surface area contributed by atoms with E-state index in [0.717, 1.165) is 11.6 Å². The molecule has 0 aliphatic heterocycles. The van der Waals surface area contributed by atoms with E-state index in [2.05, 4.69) is 15.4 Å². The van der Waals surface area contributed by atoms with E-state index in [1.165, 1.54) is 18.5 Å². The zero-order valence-corrected chi connectivity index (χ0v) is 12.7. The molecule has 0 aliphatic rings. The van der Waals surface area contributed by atoms with E-state index < -0.39 is 11.7 Å². The molecule has 7 heteroatoms. The van der Waals surface area contributed by atoms with Crippen molar-refractivity contribution in [3.05, 3.63) is 77.1 Å². The van der Waals surface area contributed by atoms with Crippen molar-refractivity contribution in [2.75, 3.05) is 5.32 Å². The van der Waals surface area contributed by atoms with Gasteiger partial charge in [-0.25, -0.2) is 14.1 Å². The maximum absolute atomic E-state index is 13.7. The molecule has 0 fully saturated rings. The Balaban J connectivity index is 1.69. The van der Waals surface area contributed by atoms with Gasteiger partial charge in [-0.1, -0.05) is 23.7 Å². The second-order valence-corrected chi connectivity index (χ2v) is 5.30. The van der Waals surface area contributed by atoms with Gasteiger partial charge in [-0.05, 0) is 35.9 Å². The number of benzene rings is 2. The molecule has 0 radical (unpaired) electrons. The molecule has 23 heavy (non-hydrogen) atoms. The lowest BCUT2D eigenvalue weighted by Crippen LogP contribution is -2.13. The molecule has 0 spiro atoms. The second-order valence-electron chi connectivity index (χ2n) is 4.87. The van der Waals surface area contributed by atoms with Gasteiger partial charge in [-0.15, -0.1) is 0 Å². The molecule has 0 atom stereocenters. The van der Waals surface area contributed by atoms with Crippen LogP contribution < -0.4 is 5.32 Å². The highest BCUT2D eigenvalue weighted by Crippen LogP contribution is 2.17. The number of carbonyl (C=O) groups is 1. The highest BCUT2D eigenvalue weighted by Gasteiger charge is 2.12. The number of rotatable bonds is 4. The quantitative estimate of drug-likeness (QED) is 0.798. The number of hydrogen-bond acceptors (Lipinski definition) is 3. The Morgan fingerprint density at radius 2 is 2.00 bits per heavy atom. The highest BCUT2D eigenvalue weighted by molar-refractivity contribution is 6.30. The van der Waals surface area contributed by atoms with Crippen molar-refractivity contribution in [1.29, 1.82) is 0 Å². The fourth-order valence-electron chi connectivity index (χ4n) is 2.07. The summed E-state index contributed by atoms with van der Waals surface area (Å²) in [5, 5.41) is 6.92. The minimum Gasteiger partial charge on any atom is -0.322 e. The van der Waals surface area contributed by atoms with Crippen molar-refractivity contribution < 1.29 is 9.18 Å². The number of nitrogens with zero attached hydrogens (tertiary/aromatic N) is 3. The maximum Gasteiger partial charge on any atom is 0.258 e. The summed E-state index contributed by atoms with van der Waals surface area (Å²) in [6, 6.07) is 11.1. The van der Waals surface area contributed by atoms with Gasteiger partial charge in [0, 0.05) is 10.7 Å². The topological polar surface area (TPSA) is 59.8 Å². The SMILES string of the molecule is O=C(Nc1ccc(Cn2cncn2)cc1)c1ccc(Cl)cc1F. The largest absolute Gasteiger partial charge is 0.322 e. The van der Waals surface area contributed by atoms with E-state index in [0.29, 0.717) is 12.2 Å². The van der Waals surface area contributed by atoms with Crippen LogP contribution in [0.3, 0.4) is 0 Å². The summed E-state index contributed by atoms with van der Waals surface area (Å²) >= 11 is 5.67. The summed E-state index contributed by atoms with van der Waals surface area (Å²) < 4.78 is 15.4. The van der Waals surface area contributed by atoms with Crippen molar-refractivity contribution in [3.63, 3.8) is 0 Å². The third-order valence-corrected chi connectivity index (χ3v) is 3.43. The second kappa shape index (κ2) is 6.58. The zero-order chi connectivity index (χ0) is 16.2. The summed E-state index contributed by atoms with van der Waals surface area (Å²) in [5.74, 6) is -1.18. The molecule has 0 unspecified atom stereocenters. The molecule has 0 saturated carbocycles. The van der Waals surface area contributed by atoms with Gasteiger partial charge in [-0.3, -0.25) is 4.79 Å². The van der Waals surface area contributed by atoms with Crippen molar-refractivity contribution in [2.45, 2.75) is 6.54 Å². The monoisotopic (exact) mass is 330 g/mol. The molecular weight excluding hydrogens is 319 g/mol. The smallest absolute Gasteiger partial charge is 0.258 e. The number of halogens is 2. The van der Waals surface area contributed by atoms with E-state index in [9.17, 15) is 9.18 Å². The van der Waals surface area contributed by atoms with Crippen LogP contribution in [0.2, 0.25) is 5.02 Å². The van der Waals surface area contributed by atoms with Crippen LogP contribution in [0, 0.1) is 5.82 Å². The summed E-state index contributed by atoms with van der Waals surface area (Å²) in [4.78, 5) is 15.9. The zero-order valence-electron chi connectivity index (χ0n) is 11.9. The van der Waals surface area contributed by atoms with Crippen LogP contribution in [0.15, 0.2) is 55.1 Å². The molecule has 1 N–H and O–H groups in total. The average Bonchev–Trinajstić information content (AvgIpc) is 3.02. The number of amides is 1. The van der Waals surface area contributed by atoms with Gasteiger partial charge in [0.25, 0.3) is 5.91 Å². The predicted octanol–water partition coefficient (Wildman–Crippen LogP) is 3.37. The maximum atomic E-state index is 13.7. The number of aromatic nitrogens is 3. The molecule has 116 valence electrons. The van der Waals surface area contributed by atoms with Crippen LogP contribution >= 0.6 is 11.6 Å². The Hall–Kier alpha value is -2.73. The van der Waals surface area contributed by atoms with Gasteiger partial charge in [0.15, 0.2) is 0 Å². The molecule has 3 aromatic rings. The lowest BCUT2D eigenvalue weighted by molar-refractivity contribution is 0.102. The minimum absolute atomic E-state index is 0.0545. The van der Waals surface area contributed by atoms with Crippen LogP contribution in [0.5, 0.6) is 0 Å². The molecule has 0 aliphatic carbocycles. The first-order valence-corrected chi connectivity index (χ1v) is 7.17. The molecule has 1 aromatic heterocycles. The normalized spacial score (nSPS) is 10.5. The summed E-state index contributed by atoms with van der Waals surface area (Å²) in [6.45, 7) is 0.583. The Bertz CT molecular complexity index is 819. The lowest BCUT2D eigenvalue weighted by atomic mass is 10.1. The first-order valence-electron chi connectivity index (χ1n) is 6.79. The molecule has 3 rings (SSSR count). The van der Waals surface area contributed by atoms with Crippen LogP contribution in [-0.2, 0) is 6.54 Å². The van der Waals surface area contributed by atoms with E-state index >= 15 is 0 Å². The highest BCUT2D eigenvalue weighted by atomic mass is 35.5. The molecular formula is C16H12ClFN4O. The van der Waals surface area contributed by atoms with Crippen molar-refractivity contribution in [2.24, 2.45) is 0 Å². The summed E-state index contributed by atoms with van der Waals surface area (Å²) in [5.41, 5.74) is 1.53. The van der Waals surface area contributed by atoms with Crippen LogP contribution in [0.4, 0.5) is 10.1 Å². The third-order valence-electron chi connectivity index (χ3n) is 3.20. The summed E-state index contributed by atoms with van der Waals surface area (Å²) in [6.07, 6.45) is 3.09. The molecule has 0 bridgehead atoms. The Morgan fingerprint density at radius 1 is 1.22 bits per heavy atom. The standard InChI is InChI=1S/C16H12ClFN4O/c17-12-3-6-14(15(18)7-12)16(23)21-13-4-1-11(2-5-13)8-22-10-19-9-20-22/h1-7,9-10H,8H2,(H,21,23). The third kappa shape index (κ3) is 3.73. The van der Waals surface area contributed by atoms with Crippen molar-refractivity contribution >= 4 is 23.2 Å². The van der Waals surface area contributed by atoms with E-state index in [1.54, 1.807) is 23.1 Å². The molecule has 5 nitrogen and oxygen atoms in total. The van der Waals surface area contributed by atoms with Crippen LogP contribution in [0.1, 0.15) is 15.9 Å². The van der Waals surface area contributed by atoms with E-state index in [1.807, 2.05) is 12.1 Å². The van der Waals surface area contributed by atoms with Gasteiger partial charge in [-0.2, -0.15) is 5.10 Å². The number of carbonyl (C=O) groups excluding carboxylic acids is 1. The Labute approximate surface area is 136 Å². The van der Waals surface area contributed by atoms with Crippen molar-refractivity contribution in [1.82, 2.24) is 14.8 Å². The first-order chi connectivity index (χ1) is 11.1. The van der Waals surface area contributed by atoms with Gasteiger partial charge in [0.05, 0.1) is 12.1 Å². The number of anilines is 1. The fraction of sp³-hybridized carbons (Fsp3) is 0.0625. The van der Waals surface area contributed by atoms with Crippen LogP contribution in [0.25, 0.3) is 0 Å². The van der Waals surface area contributed by atoms with Gasteiger partial charge < -0.3 is 5.32 Å². The van der Waals surface area contributed by atoms with Crippen molar-refractivity contribution in [3.8, 4) is 0 Å². The fourth-order valence-corrected chi connectivity index (χ4v) is 2.23. The Kier molecular flexibility index (Phi) is 4.34. The van der Waals surface area contributed by atoms with E-state index in [4.69, 9.17) is 11.6 Å². The predicted molar refractivity (Wildman–Crippen MR) is 84.9 cm³/mol. The molecule has 0 saturated heterocycles. The number of hydrogen-bond donors (Lipinski definition) is 1. The van der Waals surface area contributed by atoms with Gasteiger partial charge in [0.1, 0.15) is 18.5 Å². The van der Waals surface area contributed by atoms with Gasteiger partial charge in [0.2, 0.25) is 0 Å². The van der Waals surface area contributed by atoms with E-state index in [-0.39, 0.29) is 10.6 Å². The average molecular weight is 331 g/mol.